The fourth-order valence-electron chi connectivity index (χ4n) is 1.69. The van der Waals surface area contributed by atoms with Crippen LogP contribution in [0, 0.1) is 6.92 Å². The van der Waals surface area contributed by atoms with E-state index in [1.54, 1.807) is 22.7 Å². The van der Waals surface area contributed by atoms with Crippen molar-refractivity contribution in [3.8, 4) is 0 Å². The van der Waals surface area contributed by atoms with E-state index in [9.17, 15) is 4.79 Å². The van der Waals surface area contributed by atoms with Crippen LogP contribution in [0.2, 0.25) is 0 Å². The van der Waals surface area contributed by atoms with Gasteiger partial charge >= 0.3 is 0 Å². The van der Waals surface area contributed by atoms with Crippen molar-refractivity contribution in [1.82, 2.24) is 4.90 Å². The summed E-state index contributed by atoms with van der Waals surface area (Å²) in [5.41, 5.74) is 8.07. The Kier molecular flexibility index (Phi) is 4.87. The van der Waals surface area contributed by atoms with Gasteiger partial charge in [-0.3, -0.25) is 4.79 Å². The Labute approximate surface area is 107 Å². The quantitative estimate of drug-likeness (QED) is 0.837. The number of anilines is 1. The van der Waals surface area contributed by atoms with E-state index in [1.165, 1.54) is 0 Å². The van der Waals surface area contributed by atoms with Crippen LogP contribution in [0.5, 0.6) is 0 Å². The van der Waals surface area contributed by atoms with Crippen LogP contribution in [0.15, 0.2) is 18.2 Å². The zero-order valence-electron chi connectivity index (χ0n) is 10.9. The van der Waals surface area contributed by atoms with Crippen molar-refractivity contribution in [1.29, 1.82) is 0 Å². The Morgan fingerprint density at radius 3 is 2.65 bits per heavy atom. The van der Waals surface area contributed by atoms with Gasteiger partial charge in [0, 0.05) is 30.1 Å². The molecule has 0 spiro atoms. The van der Waals surface area contributed by atoms with Gasteiger partial charge in [0.15, 0.2) is 0 Å². The first-order chi connectivity index (χ1) is 7.95. The van der Waals surface area contributed by atoms with E-state index >= 15 is 0 Å². The summed E-state index contributed by atoms with van der Waals surface area (Å²) < 4.78 is 0. The largest absolute Gasteiger partial charge is 0.399 e. The van der Waals surface area contributed by atoms with Crippen molar-refractivity contribution < 1.29 is 4.79 Å². The third-order valence-electron chi connectivity index (χ3n) is 2.74. The average molecular weight is 252 g/mol. The van der Waals surface area contributed by atoms with Gasteiger partial charge < -0.3 is 10.6 Å². The average Bonchev–Trinajstić information content (AvgIpc) is 2.26. The fraction of sp³-hybridized carbons (Fsp3) is 0.462. The van der Waals surface area contributed by atoms with E-state index in [2.05, 4.69) is 0 Å². The van der Waals surface area contributed by atoms with Gasteiger partial charge in [-0.25, -0.2) is 0 Å². The molecule has 2 N–H and O–H groups in total. The third kappa shape index (κ3) is 3.66. The molecule has 0 aliphatic heterocycles. The number of nitrogens with zero attached hydrogens (tertiary/aromatic N) is 1. The van der Waals surface area contributed by atoms with Gasteiger partial charge in [-0.1, -0.05) is 0 Å². The number of amides is 1. The second-order valence-electron chi connectivity index (χ2n) is 4.35. The number of nitrogen functional groups attached to an aromatic ring is 1. The molecule has 0 heterocycles. The lowest BCUT2D eigenvalue weighted by molar-refractivity contribution is 0.0757. The third-order valence-corrected chi connectivity index (χ3v) is 3.55. The number of benzene rings is 1. The Morgan fingerprint density at radius 2 is 2.12 bits per heavy atom. The van der Waals surface area contributed by atoms with Crippen LogP contribution >= 0.6 is 11.8 Å². The van der Waals surface area contributed by atoms with Crippen LogP contribution in [0.3, 0.4) is 0 Å². The lowest BCUT2D eigenvalue weighted by atomic mass is 10.1. The lowest BCUT2D eigenvalue weighted by Gasteiger charge is -2.24. The first-order valence-electron chi connectivity index (χ1n) is 5.59. The number of carbonyl (C=O) groups excluding carboxylic acids is 1. The SMILES string of the molecule is CSCC(C)N(C)C(=O)c1cc(C)cc(N)c1. The van der Waals surface area contributed by atoms with Gasteiger partial charge in [-0.2, -0.15) is 11.8 Å². The standard InChI is InChI=1S/C13H20N2OS/c1-9-5-11(7-12(14)6-9)13(16)15(3)10(2)8-17-4/h5-7,10H,8,14H2,1-4H3. The summed E-state index contributed by atoms with van der Waals surface area (Å²) in [6.07, 6.45) is 2.04. The maximum Gasteiger partial charge on any atom is 0.253 e. The molecule has 0 radical (unpaired) electrons. The predicted molar refractivity (Wildman–Crippen MR) is 75.5 cm³/mol. The second kappa shape index (κ2) is 5.96. The van der Waals surface area contributed by atoms with E-state index in [4.69, 9.17) is 5.73 Å². The van der Waals surface area contributed by atoms with Crippen molar-refractivity contribution >= 4 is 23.4 Å². The summed E-state index contributed by atoms with van der Waals surface area (Å²) >= 11 is 1.74. The first-order valence-corrected chi connectivity index (χ1v) is 6.98. The van der Waals surface area contributed by atoms with E-state index in [0.717, 1.165) is 11.3 Å². The summed E-state index contributed by atoms with van der Waals surface area (Å²) in [5.74, 6) is 0.964. The molecule has 4 heteroatoms. The highest BCUT2D eigenvalue weighted by Crippen LogP contribution is 2.15. The molecule has 1 atom stereocenters. The zero-order chi connectivity index (χ0) is 13.0. The monoisotopic (exact) mass is 252 g/mol. The minimum atomic E-state index is 0.0296. The van der Waals surface area contributed by atoms with Crippen molar-refractivity contribution in [3.63, 3.8) is 0 Å². The molecular weight excluding hydrogens is 232 g/mol. The molecule has 1 unspecified atom stereocenters. The number of hydrogen-bond acceptors (Lipinski definition) is 3. The van der Waals surface area contributed by atoms with Gasteiger partial charge in [0.2, 0.25) is 0 Å². The molecule has 1 amide bonds. The summed E-state index contributed by atoms with van der Waals surface area (Å²) in [5, 5.41) is 0. The number of nitrogens with two attached hydrogens (primary N) is 1. The smallest absolute Gasteiger partial charge is 0.253 e. The Bertz CT molecular complexity index is 386. The predicted octanol–water partition coefficient (Wildman–Crippen LogP) is 2.40. The topological polar surface area (TPSA) is 46.3 Å². The van der Waals surface area contributed by atoms with Crippen molar-refractivity contribution in [2.75, 3.05) is 24.8 Å². The van der Waals surface area contributed by atoms with E-state index in [0.29, 0.717) is 11.3 Å². The highest BCUT2D eigenvalue weighted by atomic mass is 32.2. The van der Waals surface area contributed by atoms with Crippen LogP contribution in [-0.2, 0) is 0 Å². The Morgan fingerprint density at radius 1 is 1.47 bits per heavy atom. The van der Waals surface area contributed by atoms with E-state index in [-0.39, 0.29) is 11.9 Å². The number of hydrogen-bond donors (Lipinski definition) is 1. The molecule has 0 saturated carbocycles. The molecule has 0 saturated heterocycles. The van der Waals surface area contributed by atoms with Gasteiger partial charge in [0.25, 0.3) is 5.91 Å². The molecule has 0 fully saturated rings. The van der Waals surface area contributed by atoms with Crippen LogP contribution in [0.1, 0.15) is 22.8 Å². The minimum absolute atomic E-state index is 0.0296. The molecule has 94 valence electrons. The molecular formula is C13H20N2OS. The van der Waals surface area contributed by atoms with Crippen molar-refractivity contribution in [2.24, 2.45) is 0 Å². The Balaban J connectivity index is 2.88. The molecule has 0 aliphatic rings. The van der Waals surface area contributed by atoms with Gasteiger partial charge in [0.1, 0.15) is 0 Å². The van der Waals surface area contributed by atoms with Gasteiger partial charge in [0.05, 0.1) is 0 Å². The second-order valence-corrected chi connectivity index (χ2v) is 5.26. The van der Waals surface area contributed by atoms with E-state index in [1.807, 2.05) is 39.3 Å². The highest BCUT2D eigenvalue weighted by Gasteiger charge is 2.17. The zero-order valence-corrected chi connectivity index (χ0v) is 11.7. The lowest BCUT2D eigenvalue weighted by Crippen LogP contribution is -2.36. The van der Waals surface area contributed by atoms with Crippen molar-refractivity contribution in [2.45, 2.75) is 19.9 Å². The molecule has 1 rings (SSSR count). The molecule has 0 bridgehead atoms. The number of carbonyl (C=O) groups is 1. The van der Waals surface area contributed by atoms with Gasteiger partial charge in [-0.15, -0.1) is 0 Å². The van der Waals surface area contributed by atoms with Crippen LogP contribution in [-0.4, -0.2) is 35.9 Å². The van der Waals surface area contributed by atoms with Crippen molar-refractivity contribution in [3.05, 3.63) is 29.3 Å². The van der Waals surface area contributed by atoms with Gasteiger partial charge in [-0.05, 0) is 43.9 Å². The van der Waals surface area contributed by atoms with Crippen LogP contribution in [0.25, 0.3) is 0 Å². The molecule has 17 heavy (non-hydrogen) atoms. The maximum atomic E-state index is 12.2. The minimum Gasteiger partial charge on any atom is -0.399 e. The summed E-state index contributed by atoms with van der Waals surface area (Å²) in [6.45, 7) is 3.99. The number of aryl methyl sites for hydroxylation is 1. The molecule has 0 aliphatic carbocycles. The molecule has 0 aromatic heterocycles. The maximum absolute atomic E-state index is 12.2. The number of rotatable bonds is 4. The highest BCUT2D eigenvalue weighted by molar-refractivity contribution is 7.98. The summed E-state index contributed by atoms with van der Waals surface area (Å²) in [4.78, 5) is 14.0. The fourth-order valence-corrected chi connectivity index (χ4v) is 2.40. The molecule has 1 aromatic rings. The van der Waals surface area contributed by atoms with Crippen LogP contribution < -0.4 is 5.73 Å². The number of thioether (sulfide) groups is 1. The first kappa shape index (κ1) is 13.9. The summed E-state index contributed by atoms with van der Waals surface area (Å²) in [6, 6.07) is 5.69. The van der Waals surface area contributed by atoms with E-state index < -0.39 is 0 Å². The molecule has 3 nitrogen and oxygen atoms in total. The molecule has 1 aromatic carbocycles. The normalized spacial score (nSPS) is 12.2. The van der Waals surface area contributed by atoms with Crippen LogP contribution in [0.4, 0.5) is 5.69 Å². The Hall–Kier alpha value is -1.16. The summed E-state index contributed by atoms with van der Waals surface area (Å²) in [7, 11) is 1.84.